The highest BCUT2D eigenvalue weighted by molar-refractivity contribution is 7.89. The summed E-state index contributed by atoms with van der Waals surface area (Å²) in [7, 11) is -3.61. The van der Waals surface area contributed by atoms with Gasteiger partial charge in [0.1, 0.15) is 11.5 Å². The third-order valence-electron chi connectivity index (χ3n) is 4.31. The minimum atomic E-state index is -3.61. The normalized spacial score (nSPS) is 17.8. The second-order valence-electron chi connectivity index (χ2n) is 6.13. The zero-order valence-electron chi connectivity index (χ0n) is 14.6. The van der Waals surface area contributed by atoms with Gasteiger partial charge in [0.2, 0.25) is 15.9 Å². The Morgan fingerprint density at radius 3 is 2.42 bits per heavy atom. The zero-order chi connectivity index (χ0) is 18.6. The minimum absolute atomic E-state index is 0.0863. The first-order valence-corrected chi connectivity index (χ1v) is 10.1. The molecule has 1 amide bonds. The van der Waals surface area contributed by atoms with Crippen LogP contribution >= 0.6 is 0 Å². The fraction of sp³-hybridized carbons (Fsp3) is 0.316. The number of para-hydroxylation sites is 1. The highest BCUT2D eigenvalue weighted by Gasteiger charge is 2.35. The maximum atomic E-state index is 12.8. The predicted molar refractivity (Wildman–Crippen MR) is 98.5 cm³/mol. The van der Waals surface area contributed by atoms with Crippen LogP contribution in [0.4, 0.5) is 0 Å². The molecule has 0 aromatic heterocycles. The lowest BCUT2D eigenvalue weighted by Gasteiger charge is -2.17. The summed E-state index contributed by atoms with van der Waals surface area (Å²) in [6.45, 7) is 2.97. The first-order chi connectivity index (χ1) is 12.5. The Hall–Kier alpha value is -2.38. The number of hydrogen-bond acceptors (Lipinski definition) is 4. The average Bonchev–Trinajstić information content (AvgIpc) is 3.14. The molecule has 138 valence electrons. The summed E-state index contributed by atoms with van der Waals surface area (Å²) in [6.07, 6.45) is 0.542. The van der Waals surface area contributed by atoms with E-state index in [4.69, 9.17) is 4.74 Å². The van der Waals surface area contributed by atoms with Crippen molar-refractivity contribution in [1.29, 1.82) is 0 Å². The van der Waals surface area contributed by atoms with Crippen LogP contribution in [0.2, 0.25) is 0 Å². The summed E-state index contributed by atoms with van der Waals surface area (Å²) in [4.78, 5) is 12.1. The quantitative estimate of drug-likeness (QED) is 0.843. The molecule has 26 heavy (non-hydrogen) atoms. The topological polar surface area (TPSA) is 75.7 Å². The van der Waals surface area contributed by atoms with Crippen LogP contribution in [-0.4, -0.2) is 38.3 Å². The van der Waals surface area contributed by atoms with Crippen LogP contribution < -0.4 is 10.1 Å². The van der Waals surface area contributed by atoms with E-state index in [2.05, 4.69) is 5.32 Å². The van der Waals surface area contributed by atoms with Gasteiger partial charge in [0.15, 0.2) is 0 Å². The van der Waals surface area contributed by atoms with Crippen LogP contribution in [0.1, 0.15) is 13.3 Å². The van der Waals surface area contributed by atoms with Crippen LogP contribution in [0.5, 0.6) is 11.5 Å². The van der Waals surface area contributed by atoms with Crippen molar-refractivity contribution >= 4 is 15.9 Å². The van der Waals surface area contributed by atoms with E-state index in [9.17, 15) is 13.2 Å². The SMILES string of the molecule is CCNC(=O)C1CCN(S(=O)(=O)c2ccc(Oc3ccccc3)cc2)C1. The molecule has 1 saturated heterocycles. The van der Waals surface area contributed by atoms with Crippen molar-refractivity contribution in [3.63, 3.8) is 0 Å². The predicted octanol–water partition coefficient (Wildman–Crippen LogP) is 2.63. The fourth-order valence-corrected chi connectivity index (χ4v) is 4.43. The molecule has 1 N–H and O–H groups in total. The summed E-state index contributed by atoms with van der Waals surface area (Å²) in [5, 5.41) is 2.75. The Morgan fingerprint density at radius 2 is 1.77 bits per heavy atom. The van der Waals surface area contributed by atoms with Crippen LogP contribution in [0.3, 0.4) is 0 Å². The molecule has 1 atom stereocenters. The molecule has 1 heterocycles. The van der Waals surface area contributed by atoms with E-state index in [1.807, 2.05) is 37.3 Å². The fourth-order valence-electron chi connectivity index (χ4n) is 2.93. The van der Waals surface area contributed by atoms with E-state index < -0.39 is 10.0 Å². The van der Waals surface area contributed by atoms with Crippen LogP contribution in [0.15, 0.2) is 59.5 Å². The lowest BCUT2D eigenvalue weighted by molar-refractivity contribution is -0.124. The number of rotatable bonds is 6. The third kappa shape index (κ3) is 4.05. The van der Waals surface area contributed by atoms with Gasteiger partial charge >= 0.3 is 0 Å². The molecule has 6 nitrogen and oxygen atoms in total. The Bertz CT molecular complexity index is 851. The van der Waals surface area contributed by atoms with E-state index >= 15 is 0 Å². The molecule has 2 aromatic rings. The van der Waals surface area contributed by atoms with Gasteiger partial charge in [-0.25, -0.2) is 8.42 Å². The first-order valence-electron chi connectivity index (χ1n) is 8.61. The highest BCUT2D eigenvalue weighted by Crippen LogP contribution is 2.27. The van der Waals surface area contributed by atoms with Gasteiger partial charge in [-0.2, -0.15) is 4.31 Å². The van der Waals surface area contributed by atoms with Gasteiger partial charge in [0, 0.05) is 19.6 Å². The highest BCUT2D eigenvalue weighted by atomic mass is 32.2. The largest absolute Gasteiger partial charge is 0.457 e. The molecule has 1 aliphatic heterocycles. The van der Waals surface area contributed by atoms with Crippen molar-refractivity contribution in [3.05, 3.63) is 54.6 Å². The molecule has 1 aliphatic rings. The number of carbonyl (C=O) groups excluding carboxylic acids is 1. The van der Waals surface area contributed by atoms with Gasteiger partial charge < -0.3 is 10.1 Å². The van der Waals surface area contributed by atoms with E-state index in [-0.39, 0.29) is 23.3 Å². The van der Waals surface area contributed by atoms with E-state index in [1.165, 1.54) is 16.4 Å². The van der Waals surface area contributed by atoms with E-state index in [0.29, 0.717) is 31.0 Å². The lowest BCUT2D eigenvalue weighted by atomic mass is 10.1. The van der Waals surface area contributed by atoms with E-state index in [1.54, 1.807) is 12.1 Å². The van der Waals surface area contributed by atoms with Crippen molar-refractivity contribution in [1.82, 2.24) is 9.62 Å². The Morgan fingerprint density at radius 1 is 1.12 bits per heavy atom. The van der Waals surface area contributed by atoms with Gasteiger partial charge in [-0.15, -0.1) is 0 Å². The van der Waals surface area contributed by atoms with Crippen LogP contribution in [-0.2, 0) is 14.8 Å². The summed E-state index contributed by atoms with van der Waals surface area (Å²) in [5.41, 5.74) is 0. The number of nitrogens with zero attached hydrogens (tertiary/aromatic N) is 1. The van der Waals surface area contributed by atoms with Crippen molar-refractivity contribution in [2.24, 2.45) is 5.92 Å². The second kappa shape index (κ2) is 7.88. The maximum absolute atomic E-state index is 12.8. The van der Waals surface area contributed by atoms with Gasteiger partial charge in [0.05, 0.1) is 10.8 Å². The van der Waals surface area contributed by atoms with Gasteiger partial charge in [-0.3, -0.25) is 4.79 Å². The Balaban J connectivity index is 1.69. The van der Waals surface area contributed by atoms with Crippen molar-refractivity contribution in [2.75, 3.05) is 19.6 Å². The zero-order valence-corrected chi connectivity index (χ0v) is 15.4. The molecule has 0 saturated carbocycles. The molecule has 3 rings (SSSR count). The Labute approximate surface area is 153 Å². The van der Waals surface area contributed by atoms with Crippen LogP contribution in [0, 0.1) is 5.92 Å². The average molecular weight is 374 g/mol. The Kier molecular flexibility index (Phi) is 5.58. The number of nitrogens with one attached hydrogen (secondary N) is 1. The molecular formula is C19H22N2O4S. The monoisotopic (exact) mass is 374 g/mol. The first kappa shape index (κ1) is 18.4. The molecule has 0 radical (unpaired) electrons. The van der Waals surface area contributed by atoms with Gasteiger partial charge in [0.25, 0.3) is 0 Å². The van der Waals surface area contributed by atoms with Crippen molar-refractivity contribution in [3.8, 4) is 11.5 Å². The molecule has 1 unspecified atom stereocenters. The molecule has 0 aliphatic carbocycles. The number of benzene rings is 2. The summed E-state index contributed by atoms with van der Waals surface area (Å²) >= 11 is 0. The number of hydrogen-bond donors (Lipinski definition) is 1. The third-order valence-corrected chi connectivity index (χ3v) is 6.19. The molecule has 1 fully saturated rings. The van der Waals surface area contributed by atoms with E-state index in [0.717, 1.165) is 0 Å². The summed E-state index contributed by atoms with van der Waals surface area (Å²) in [5.74, 6) is 0.881. The number of ether oxygens (including phenoxy) is 1. The lowest BCUT2D eigenvalue weighted by Crippen LogP contribution is -2.34. The standard InChI is InChI=1S/C19H22N2O4S/c1-2-20-19(22)15-12-13-21(14-15)26(23,24)18-10-8-17(9-11-18)25-16-6-4-3-5-7-16/h3-11,15H,2,12-14H2,1H3,(H,20,22). The van der Waals surface area contributed by atoms with Crippen LogP contribution in [0.25, 0.3) is 0 Å². The van der Waals surface area contributed by atoms with Gasteiger partial charge in [-0.1, -0.05) is 18.2 Å². The molecular weight excluding hydrogens is 352 g/mol. The van der Waals surface area contributed by atoms with Crippen molar-refractivity contribution in [2.45, 2.75) is 18.2 Å². The minimum Gasteiger partial charge on any atom is -0.457 e. The molecule has 0 bridgehead atoms. The van der Waals surface area contributed by atoms with Gasteiger partial charge in [-0.05, 0) is 49.7 Å². The summed E-state index contributed by atoms with van der Waals surface area (Å²) in [6, 6.07) is 15.6. The molecule has 2 aromatic carbocycles. The molecule has 0 spiro atoms. The number of amides is 1. The number of carbonyl (C=O) groups is 1. The summed E-state index contributed by atoms with van der Waals surface area (Å²) < 4.78 is 32.6. The molecule has 7 heteroatoms. The second-order valence-corrected chi connectivity index (χ2v) is 8.07. The smallest absolute Gasteiger partial charge is 0.243 e. The van der Waals surface area contributed by atoms with Crippen molar-refractivity contribution < 1.29 is 17.9 Å². The number of sulfonamides is 1. The maximum Gasteiger partial charge on any atom is 0.243 e.